The van der Waals surface area contributed by atoms with E-state index in [0.29, 0.717) is 6.79 Å². The molecule has 0 saturated heterocycles. The maximum absolute atomic E-state index is 5.36. The van der Waals surface area contributed by atoms with Crippen LogP contribution >= 0.6 is 11.8 Å². The number of nitrogens with one attached hydrogen (secondary N) is 1. The normalized spacial score (nSPS) is 20.4. The Morgan fingerprint density at radius 3 is 2.94 bits per heavy atom. The first kappa shape index (κ1) is 11.7. The predicted octanol–water partition coefficient (Wildman–Crippen LogP) is 3.10. The molecule has 0 saturated carbocycles. The van der Waals surface area contributed by atoms with Crippen molar-refractivity contribution in [1.82, 2.24) is 0 Å². The summed E-state index contributed by atoms with van der Waals surface area (Å²) in [5.74, 6) is 2.70. The molecule has 0 fully saturated rings. The van der Waals surface area contributed by atoms with Crippen molar-refractivity contribution in [1.29, 1.82) is 0 Å². The number of amidine groups is 1. The zero-order valence-electron chi connectivity index (χ0n) is 10.5. The zero-order chi connectivity index (χ0) is 12.6. The van der Waals surface area contributed by atoms with E-state index >= 15 is 0 Å². The molecule has 0 radical (unpaired) electrons. The van der Waals surface area contributed by atoms with Crippen LogP contribution in [0.5, 0.6) is 11.5 Å². The van der Waals surface area contributed by atoms with Gasteiger partial charge in [0.1, 0.15) is 0 Å². The van der Waals surface area contributed by atoms with Gasteiger partial charge in [0.2, 0.25) is 6.79 Å². The molecule has 5 heteroatoms. The first-order valence-corrected chi connectivity index (χ1v) is 7.00. The topological polar surface area (TPSA) is 42.8 Å². The highest BCUT2D eigenvalue weighted by Gasteiger charge is 2.23. The number of hydrogen-bond donors (Lipinski definition) is 1. The van der Waals surface area contributed by atoms with Gasteiger partial charge in [-0.2, -0.15) is 0 Å². The van der Waals surface area contributed by atoms with E-state index in [9.17, 15) is 0 Å². The van der Waals surface area contributed by atoms with Gasteiger partial charge in [-0.05, 0) is 32.4 Å². The molecule has 0 spiro atoms. The summed E-state index contributed by atoms with van der Waals surface area (Å²) in [6, 6.07) is 5.86. The predicted molar refractivity (Wildman–Crippen MR) is 74.8 cm³/mol. The van der Waals surface area contributed by atoms with Crippen molar-refractivity contribution in [3.8, 4) is 11.5 Å². The standard InChI is InChI=1S/C13H16N2O2S/c1-13(2)5-6-18-12(15-13)14-9-3-4-10-11(7-9)17-8-16-10/h3-4,7H,5-6,8H2,1-2H3,(H,14,15). The third kappa shape index (κ3) is 2.41. The summed E-state index contributed by atoms with van der Waals surface area (Å²) < 4.78 is 10.7. The lowest BCUT2D eigenvalue weighted by molar-refractivity contribution is 0.174. The van der Waals surface area contributed by atoms with E-state index in [-0.39, 0.29) is 5.54 Å². The van der Waals surface area contributed by atoms with Crippen LogP contribution in [0.3, 0.4) is 0 Å². The highest BCUT2D eigenvalue weighted by atomic mass is 32.2. The van der Waals surface area contributed by atoms with Crippen LogP contribution in [-0.4, -0.2) is 23.3 Å². The maximum atomic E-state index is 5.36. The number of aliphatic imine (C=N–C) groups is 1. The van der Waals surface area contributed by atoms with Crippen LogP contribution in [-0.2, 0) is 0 Å². The summed E-state index contributed by atoms with van der Waals surface area (Å²) in [4.78, 5) is 4.70. The van der Waals surface area contributed by atoms with E-state index < -0.39 is 0 Å². The minimum absolute atomic E-state index is 0.0317. The van der Waals surface area contributed by atoms with Gasteiger partial charge in [-0.25, -0.2) is 0 Å². The van der Waals surface area contributed by atoms with Crippen LogP contribution < -0.4 is 14.8 Å². The second-order valence-corrected chi connectivity index (χ2v) is 6.10. The average molecular weight is 264 g/mol. The Morgan fingerprint density at radius 2 is 2.11 bits per heavy atom. The van der Waals surface area contributed by atoms with Gasteiger partial charge in [0.15, 0.2) is 16.7 Å². The van der Waals surface area contributed by atoms with Crippen molar-refractivity contribution in [2.24, 2.45) is 4.99 Å². The van der Waals surface area contributed by atoms with Crippen LogP contribution in [0.4, 0.5) is 5.69 Å². The summed E-state index contributed by atoms with van der Waals surface area (Å²) in [6.07, 6.45) is 1.12. The fraction of sp³-hybridized carbons (Fsp3) is 0.462. The van der Waals surface area contributed by atoms with Crippen LogP contribution in [0, 0.1) is 0 Å². The van der Waals surface area contributed by atoms with Crippen LogP contribution in [0.15, 0.2) is 23.2 Å². The van der Waals surface area contributed by atoms with Crippen molar-refractivity contribution in [2.75, 3.05) is 17.9 Å². The largest absolute Gasteiger partial charge is 0.454 e. The fourth-order valence-corrected chi connectivity index (χ4v) is 3.22. The lowest BCUT2D eigenvalue weighted by Gasteiger charge is -2.26. The Labute approximate surface area is 111 Å². The Hall–Kier alpha value is -1.36. The van der Waals surface area contributed by atoms with Crippen molar-refractivity contribution < 1.29 is 9.47 Å². The molecule has 18 heavy (non-hydrogen) atoms. The molecule has 1 aromatic carbocycles. The number of rotatable bonds is 1. The monoisotopic (exact) mass is 264 g/mol. The summed E-state index contributed by atoms with van der Waals surface area (Å²) in [6.45, 7) is 4.63. The van der Waals surface area contributed by atoms with Crippen molar-refractivity contribution in [3.63, 3.8) is 0 Å². The quantitative estimate of drug-likeness (QED) is 0.846. The Morgan fingerprint density at radius 1 is 1.28 bits per heavy atom. The number of hydrogen-bond acceptors (Lipinski definition) is 5. The SMILES string of the molecule is CC1(C)CCSC(Nc2ccc3c(c2)OCO3)=N1. The first-order valence-electron chi connectivity index (χ1n) is 6.02. The molecule has 0 atom stereocenters. The van der Waals surface area contributed by atoms with E-state index in [1.807, 2.05) is 18.2 Å². The molecular weight excluding hydrogens is 248 g/mol. The highest BCUT2D eigenvalue weighted by Crippen LogP contribution is 2.35. The first-order chi connectivity index (χ1) is 8.62. The third-order valence-corrected chi connectivity index (χ3v) is 3.86. The van der Waals surface area contributed by atoms with Gasteiger partial charge in [-0.15, -0.1) is 0 Å². The minimum Gasteiger partial charge on any atom is -0.454 e. The van der Waals surface area contributed by atoms with Gasteiger partial charge < -0.3 is 14.8 Å². The Balaban J connectivity index is 1.79. The van der Waals surface area contributed by atoms with Gasteiger partial charge in [0, 0.05) is 17.5 Å². The molecule has 4 nitrogen and oxygen atoms in total. The van der Waals surface area contributed by atoms with E-state index in [1.54, 1.807) is 11.8 Å². The average Bonchev–Trinajstić information content (AvgIpc) is 2.74. The number of thioether (sulfide) groups is 1. The molecule has 1 aromatic rings. The van der Waals surface area contributed by atoms with E-state index in [0.717, 1.165) is 34.5 Å². The van der Waals surface area contributed by atoms with Gasteiger partial charge in [-0.3, -0.25) is 4.99 Å². The summed E-state index contributed by atoms with van der Waals surface area (Å²) in [5, 5.41) is 4.32. The van der Waals surface area contributed by atoms with Crippen LogP contribution in [0.2, 0.25) is 0 Å². The molecule has 2 aliphatic rings. The molecule has 0 aliphatic carbocycles. The Kier molecular flexibility index (Phi) is 2.86. The fourth-order valence-electron chi connectivity index (χ4n) is 1.92. The van der Waals surface area contributed by atoms with Crippen molar-refractivity contribution >= 4 is 22.6 Å². The van der Waals surface area contributed by atoms with E-state index in [1.165, 1.54) is 0 Å². The molecule has 3 rings (SSSR count). The number of nitrogens with zero attached hydrogens (tertiary/aromatic N) is 1. The number of anilines is 1. The molecule has 0 amide bonds. The minimum atomic E-state index is 0.0317. The van der Waals surface area contributed by atoms with Crippen LogP contribution in [0.25, 0.3) is 0 Å². The van der Waals surface area contributed by atoms with E-state index in [4.69, 9.17) is 14.5 Å². The molecular formula is C13H16N2O2S. The molecule has 2 heterocycles. The van der Waals surface area contributed by atoms with Crippen molar-refractivity contribution in [2.45, 2.75) is 25.8 Å². The molecule has 0 aromatic heterocycles. The number of fused-ring (bicyclic) bond motifs is 1. The molecule has 96 valence electrons. The smallest absolute Gasteiger partial charge is 0.231 e. The molecule has 0 bridgehead atoms. The summed E-state index contributed by atoms with van der Waals surface area (Å²) >= 11 is 1.76. The van der Waals surface area contributed by atoms with Gasteiger partial charge in [0.25, 0.3) is 0 Å². The van der Waals surface area contributed by atoms with Gasteiger partial charge in [0.05, 0.1) is 5.54 Å². The number of ether oxygens (including phenoxy) is 2. The maximum Gasteiger partial charge on any atom is 0.231 e. The number of benzene rings is 1. The molecule has 1 N–H and O–H groups in total. The molecule has 2 aliphatic heterocycles. The van der Waals surface area contributed by atoms with Crippen LogP contribution in [0.1, 0.15) is 20.3 Å². The highest BCUT2D eigenvalue weighted by molar-refractivity contribution is 8.14. The van der Waals surface area contributed by atoms with Gasteiger partial charge in [-0.1, -0.05) is 11.8 Å². The lowest BCUT2D eigenvalue weighted by Crippen LogP contribution is -2.27. The van der Waals surface area contributed by atoms with Crippen molar-refractivity contribution in [3.05, 3.63) is 18.2 Å². The second-order valence-electron chi connectivity index (χ2n) is 5.02. The van der Waals surface area contributed by atoms with Gasteiger partial charge >= 0.3 is 0 Å². The summed E-state index contributed by atoms with van der Waals surface area (Å²) in [7, 11) is 0. The molecule has 0 unspecified atom stereocenters. The summed E-state index contributed by atoms with van der Waals surface area (Å²) in [5.41, 5.74) is 1.02. The second kappa shape index (κ2) is 4.39. The Bertz CT molecular complexity index is 500. The zero-order valence-corrected chi connectivity index (χ0v) is 11.3. The third-order valence-electron chi connectivity index (χ3n) is 2.98. The van der Waals surface area contributed by atoms with E-state index in [2.05, 4.69) is 19.2 Å². The lowest BCUT2D eigenvalue weighted by atomic mass is 10.0.